The minimum absolute atomic E-state index is 0.0868. The lowest BCUT2D eigenvalue weighted by Crippen LogP contribution is -2.28. The van der Waals surface area contributed by atoms with Crippen molar-refractivity contribution in [3.63, 3.8) is 0 Å². The average molecular weight is 383 g/mol. The van der Waals surface area contributed by atoms with Gasteiger partial charge >= 0.3 is 0 Å². The van der Waals surface area contributed by atoms with Gasteiger partial charge in [-0.15, -0.1) is 0 Å². The van der Waals surface area contributed by atoms with Crippen molar-refractivity contribution >= 4 is 29.1 Å². The Kier molecular flexibility index (Phi) is 6.14. The van der Waals surface area contributed by atoms with Crippen LogP contribution in [0.2, 0.25) is 10.0 Å². The molecule has 0 aliphatic carbocycles. The maximum absolute atomic E-state index is 12.5. The van der Waals surface area contributed by atoms with E-state index in [0.717, 1.165) is 11.3 Å². The number of ether oxygens (including phenoxy) is 1. The molecule has 1 heterocycles. The Hall–Kier alpha value is -1.98. The van der Waals surface area contributed by atoms with E-state index in [0.29, 0.717) is 16.3 Å². The van der Waals surface area contributed by atoms with Crippen molar-refractivity contribution in [2.24, 2.45) is 0 Å². The van der Waals surface area contributed by atoms with Gasteiger partial charge in [0.1, 0.15) is 5.75 Å². The number of rotatable bonds is 5. The van der Waals surface area contributed by atoms with Crippen LogP contribution < -0.4 is 15.6 Å². The number of carbonyl (C=O) groups is 1. The lowest BCUT2D eigenvalue weighted by Gasteiger charge is -2.15. The van der Waals surface area contributed by atoms with E-state index in [9.17, 15) is 9.59 Å². The summed E-state index contributed by atoms with van der Waals surface area (Å²) in [6.07, 6.45) is -0.111. The molecule has 0 bridgehead atoms. The van der Waals surface area contributed by atoms with Crippen molar-refractivity contribution in [3.05, 3.63) is 61.0 Å². The SMILES string of the molecule is Cc1cc(C)c(CNC(=O)c2cc(Cl)cc(OC(C)C)c2Cl)c(=O)[nH]1. The summed E-state index contributed by atoms with van der Waals surface area (Å²) in [6.45, 7) is 7.42. The van der Waals surface area contributed by atoms with Gasteiger partial charge in [0.25, 0.3) is 11.5 Å². The molecule has 2 N–H and O–H groups in total. The van der Waals surface area contributed by atoms with Crippen molar-refractivity contribution in [3.8, 4) is 5.75 Å². The molecule has 2 aromatic rings. The van der Waals surface area contributed by atoms with Crippen LogP contribution in [0.3, 0.4) is 0 Å². The number of aromatic nitrogens is 1. The van der Waals surface area contributed by atoms with E-state index in [2.05, 4.69) is 10.3 Å². The average Bonchev–Trinajstić information content (AvgIpc) is 2.48. The van der Waals surface area contributed by atoms with Crippen LogP contribution in [-0.4, -0.2) is 17.0 Å². The third-order valence-electron chi connectivity index (χ3n) is 3.53. The van der Waals surface area contributed by atoms with Crippen molar-refractivity contribution in [2.45, 2.75) is 40.3 Å². The topological polar surface area (TPSA) is 71.2 Å². The third-order valence-corrected chi connectivity index (χ3v) is 4.14. The molecule has 1 amide bonds. The number of carbonyl (C=O) groups excluding carboxylic acids is 1. The number of benzene rings is 1. The van der Waals surface area contributed by atoms with Gasteiger partial charge in [0.15, 0.2) is 0 Å². The molecule has 0 aliphatic rings. The smallest absolute Gasteiger partial charge is 0.253 e. The second-order valence-corrected chi connectivity index (χ2v) is 6.87. The van der Waals surface area contributed by atoms with E-state index in [1.807, 2.05) is 26.8 Å². The molecule has 0 radical (unpaired) electrons. The molecule has 0 aliphatic heterocycles. The fourth-order valence-corrected chi connectivity index (χ4v) is 2.88. The first-order valence-corrected chi connectivity index (χ1v) is 8.58. The molecule has 5 nitrogen and oxygen atoms in total. The largest absolute Gasteiger partial charge is 0.489 e. The molecular weight excluding hydrogens is 363 g/mol. The van der Waals surface area contributed by atoms with Gasteiger partial charge in [0.05, 0.1) is 16.7 Å². The highest BCUT2D eigenvalue weighted by Crippen LogP contribution is 2.32. The summed E-state index contributed by atoms with van der Waals surface area (Å²) in [6, 6.07) is 4.89. The van der Waals surface area contributed by atoms with E-state index < -0.39 is 5.91 Å². The number of aryl methyl sites for hydroxylation is 2. The monoisotopic (exact) mass is 382 g/mol. The molecular formula is C18H20Cl2N2O3. The number of nitrogens with one attached hydrogen (secondary N) is 2. The summed E-state index contributed by atoms with van der Waals surface area (Å²) in [7, 11) is 0. The predicted octanol–water partition coefficient (Wildman–Crippen LogP) is 4.02. The summed E-state index contributed by atoms with van der Waals surface area (Å²) >= 11 is 12.3. The van der Waals surface area contributed by atoms with Crippen molar-refractivity contribution in [2.75, 3.05) is 0 Å². The highest BCUT2D eigenvalue weighted by atomic mass is 35.5. The summed E-state index contributed by atoms with van der Waals surface area (Å²) in [5.41, 5.74) is 2.05. The summed E-state index contributed by atoms with van der Waals surface area (Å²) in [4.78, 5) is 27.2. The normalized spacial score (nSPS) is 10.8. The number of halogens is 2. The quantitative estimate of drug-likeness (QED) is 0.820. The van der Waals surface area contributed by atoms with E-state index in [1.165, 1.54) is 6.07 Å². The zero-order valence-corrected chi connectivity index (χ0v) is 16.0. The van der Waals surface area contributed by atoms with Gasteiger partial charge in [-0.25, -0.2) is 0 Å². The Labute approximate surface area is 156 Å². The highest BCUT2D eigenvalue weighted by Gasteiger charge is 2.17. The zero-order chi connectivity index (χ0) is 18.7. The number of pyridine rings is 1. The Morgan fingerprint density at radius 1 is 1.24 bits per heavy atom. The van der Waals surface area contributed by atoms with Crippen LogP contribution in [0.25, 0.3) is 0 Å². The van der Waals surface area contributed by atoms with Crippen LogP contribution in [0.4, 0.5) is 0 Å². The zero-order valence-electron chi connectivity index (χ0n) is 14.5. The number of hydrogen-bond donors (Lipinski definition) is 2. The van der Waals surface area contributed by atoms with Crippen molar-refractivity contribution in [1.82, 2.24) is 10.3 Å². The molecule has 2 rings (SSSR count). The molecule has 1 aromatic heterocycles. The minimum atomic E-state index is -0.430. The standard InChI is InChI=1S/C18H20Cl2N2O3/c1-9(2)25-15-7-12(19)6-13(16(15)20)17(23)21-8-14-10(3)5-11(4)22-18(14)24/h5-7,9H,8H2,1-4H3,(H,21,23)(H,22,24). The van der Waals surface area contributed by atoms with Gasteiger partial charge in [-0.3, -0.25) is 9.59 Å². The van der Waals surface area contributed by atoms with E-state index in [4.69, 9.17) is 27.9 Å². The molecule has 0 saturated carbocycles. The van der Waals surface area contributed by atoms with Gasteiger partial charge in [0, 0.05) is 28.9 Å². The van der Waals surface area contributed by atoms with Crippen LogP contribution in [0.5, 0.6) is 5.75 Å². The number of amides is 1. The highest BCUT2D eigenvalue weighted by molar-refractivity contribution is 6.37. The van der Waals surface area contributed by atoms with Gasteiger partial charge in [-0.1, -0.05) is 23.2 Å². The maximum Gasteiger partial charge on any atom is 0.253 e. The van der Waals surface area contributed by atoms with E-state index in [-0.39, 0.29) is 28.8 Å². The Morgan fingerprint density at radius 2 is 1.92 bits per heavy atom. The maximum atomic E-state index is 12.5. The summed E-state index contributed by atoms with van der Waals surface area (Å²) in [5.74, 6) is -0.0841. The molecule has 25 heavy (non-hydrogen) atoms. The van der Waals surface area contributed by atoms with Gasteiger partial charge in [-0.05, 0) is 45.4 Å². The molecule has 0 unspecified atom stereocenters. The second-order valence-electron chi connectivity index (χ2n) is 6.06. The number of aromatic amines is 1. The van der Waals surface area contributed by atoms with Crippen LogP contribution in [0.1, 0.15) is 41.0 Å². The van der Waals surface area contributed by atoms with E-state index in [1.54, 1.807) is 13.0 Å². The van der Waals surface area contributed by atoms with Crippen LogP contribution in [0.15, 0.2) is 23.0 Å². The van der Waals surface area contributed by atoms with E-state index >= 15 is 0 Å². The van der Waals surface area contributed by atoms with Crippen LogP contribution in [0, 0.1) is 13.8 Å². The fraction of sp³-hybridized carbons (Fsp3) is 0.333. The van der Waals surface area contributed by atoms with Crippen molar-refractivity contribution < 1.29 is 9.53 Å². The fourth-order valence-electron chi connectivity index (χ4n) is 2.43. The lowest BCUT2D eigenvalue weighted by molar-refractivity contribution is 0.0950. The summed E-state index contributed by atoms with van der Waals surface area (Å²) in [5, 5.41) is 3.23. The molecule has 1 aromatic carbocycles. The lowest BCUT2D eigenvalue weighted by atomic mass is 10.1. The Morgan fingerprint density at radius 3 is 2.52 bits per heavy atom. The van der Waals surface area contributed by atoms with Gasteiger partial charge in [-0.2, -0.15) is 0 Å². The number of hydrogen-bond acceptors (Lipinski definition) is 3. The van der Waals surface area contributed by atoms with Gasteiger partial charge in [0.2, 0.25) is 0 Å². The molecule has 134 valence electrons. The Bertz CT molecular complexity index is 860. The third kappa shape index (κ3) is 4.77. The number of H-pyrrole nitrogens is 1. The Balaban J connectivity index is 2.25. The second kappa shape index (κ2) is 7.93. The minimum Gasteiger partial charge on any atom is -0.489 e. The van der Waals surface area contributed by atoms with Crippen LogP contribution >= 0.6 is 23.2 Å². The predicted molar refractivity (Wildman–Crippen MR) is 99.9 cm³/mol. The first-order chi connectivity index (χ1) is 11.7. The first-order valence-electron chi connectivity index (χ1n) is 7.82. The van der Waals surface area contributed by atoms with Crippen LogP contribution in [-0.2, 0) is 6.54 Å². The molecule has 0 atom stereocenters. The molecule has 0 fully saturated rings. The summed E-state index contributed by atoms with van der Waals surface area (Å²) < 4.78 is 5.58. The molecule has 0 spiro atoms. The first kappa shape index (κ1) is 19.3. The molecule has 0 saturated heterocycles. The molecule has 7 heteroatoms. The van der Waals surface area contributed by atoms with Crippen molar-refractivity contribution in [1.29, 1.82) is 0 Å². The van der Waals surface area contributed by atoms with Gasteiger partial charge < -0.3 is 15.0 Å².